The van der Waals surface area contributed by atoms with E-state index in [1.807, 2.05) is 0 Å². The van der Waals surface area contributed by atoms with Crippen LogP contribution in [0.25, 0.3) is 0 Å². The standard InChI is InChI=1S/C15H13F2IO/c16-13-7-3-1-5-11(13)10-19-15(9-18)12-6-2-4-8-14(12)17/h1-8,15H,9-10H2. The van der Waals surface area contributed by atoms with Gasteiger partial charge in [0, 0.05) is 15.6 Å². The van der Waals surface area contributed by atoms with E-state index in [2.05, 4.69) is 22.6 Å². The summed E-state index contributed by atoms with van der Waals surface area (Å²) < 4.78 is 33.4. The molecule has 0 amide bonds. The molecule has 0 saturated carbocycles. The Morgan fingerprint density at radius 1 is 0.947 bits per heavy atom. The van der Waals surface area contributed by atoms with Gasteiger partial charge in [-0.3, -0.25) is 0 Å². The molecule has 1 unspecified atom stereocenters. The first kappa shape index (κ1) is 14.4. The maximum absolute atomic E-state index is 13.7. The Morgan fingerprint density at radius 2 is 1.58 bits per heavy atom. The van der Waals surface area contributed by atoms with E-state index in [4.69, 9.17) is 4.74 Å². The highest BCUT2D eigenvalue weighted by Crippen LogP contribution is 2.24. The van der Waals surface area contributed by atoms with Crippen LogP contribution in [0.5, 0.6) is 0 Å². The van der Waals surface area contributed by atoms with Crippen LogP contribution in [-0.4, -0.2) is 4.43 Å². The quantitative estimate of drug-likeness (QED) is 0.547. The van der Waals surface area contributed by atoms with Crippen LogP contribution in [0.1, 0.15) is 17.2 Å². The highest BCUT2D eigenvalue weighted by atomic mass is 127. The zero-order chi connectivity index (χ0) is 13.7. The predicted molar refractivity (Wildman–Crippen MR) is 79.2 cm³/mol. The van der Waals surface area contributed by atoms with Crippen molar-refractivity contribution in [2.45, 2.75) is 12.7 Å². The molecule has 0 aliphatic heterocycles. The van der Waals surface area contributed by atoms with Gasteiger partial charge in [-0.15, -0.1) is 0 Å². The van der Waals surface area contributed by atoms with E-state index in [1.165, 1.54) is 12.1 Å². The van der Waals surface area contributed by atoms with Crippen LogP contribution >= 0.6 is 22.6 Å². The van der Waals surface area contributed by atoms with Gasteiger partial charge in [-0.05, 0) is 12.1 Å². The Morgan fingerprint density at radius 3 is 2.21 bits per heavy atom. The molecule has 100 valence electrons. The summed E-state index contributed by atoms with van der Waals surface area (Å²) in [4.78, 5) is 0. The minimum absolute atomic E-state index is 0.134. The van der Waals surface area contributed by atoms with Crippen LogP contribution in [0.15, 0.2) is 48.5 Å². The summed E-state index contributed by atoms with van der Waals surface area (Å²) in [6.07, 6.45) is -0.374. The van der Waals surface area contributed by atoms with E-state index in [0.717, 1.165) is 0 Å². The third-order valence-corrected chi connectivity index (χ3v) is 3.59. The number of ether oxygens (including phenoxy) is 1. The first-order chi connectivity index (χ1) is 9.22. The first-order valence-electron chi connectivity index (χ1n) is 5.87. The molecule has 0 N–H and O–H groups in total. The van der Waals surface area contributed by atoms with Crippen molar-refractivity contribution >= 4 is 22.6 Å². The van der Waals surface area contributed by atoms with E-state index in [-0.39, 0.29) is 24.3 Å². The molecule has 0 fully saturated rings. The van der Waals surface area contributed by atoms with Crippen LogP contribution in [0.4, 0.5) is 8.78 Å². The number of alkyl halides is 1. The second-order valence-electron chi connectivity index (χ2n) is 4.07. The molecular weight excluding hydrogens is 361 g/mol. The molecule has 0 aliphatic carbocycles. The van der Waals surface area contributed by atoms with Gasteiger partial charge in [0.15, 0.2) is 0 Å². The molecule has 0 bridgehead atoms. The Hall–Kier alpha value is -1.01. The van der Waals surface area contributed by atoms with Gasteiger partial charge < -0.3 is 4.74 Å². The molecule has 2 aromatic rings. The smallest absolute Gasteiger partial charge is 0.129 e. The molecule has 0 saturated heterocycles. The topological polar surface area (TPSA) is 9.23 Å². The van der Waals surface area contributed by atoms with E-state index in [1.54, 1.807) is 36.4 Å². The van der Waals surface area contributed by atoms with Gasteiger partial charge in [-0.1, -0.05) is 59.0 Å². The van der Waals surface area contributed by atoms with Crippen molar-refractivity contribution in [1.29, 1.82) is 0 Å². The van der Waals surface area contributed by atoms with Gasteiger partial charge in [0.05, 0.1) is 12.7 Å². The lowest BCUT2D eigenvalue weighted by atomic mass is 10.1. The average Bonchev–Trinajstić information content (AvgIpc) is 2.43. The largest absolute Gasteiger partial charge is 0.368 e. The van der Waals surface area contributed by atoms with Crippen LogP contribution in [-0.2, 0) is 11.3 Å². The third kappa shape index (κ3) is 3.73. The van der Waals surface area contributed by atoms with Crippen LogP contribution in [0, 0.1) is 11.6 Å². The number of halogens is 3. The van der Waals surface area contributed by atoms with E-state index in [9.17, 15) is 8.78 Å². The monoisotopic (exact) mass is 374 g/mol. The summed E-state index contributed by atoms with van der Waals surface area (Å²) in [6, 6.07) is 12.9. The normalized spacial score (nSPS) is 12.4. The van der Waals surface area contributed by atoms with Crippen LogP contribution in [0.2, 0.25) is 0 Å². The molecule has 0 radical (unpaired) electrons. The molecule has 19 heavy (non-hydrogen) atoms. The van der Waals surface area contributed by atoms with E-state index < -0.39 is 0 Å². The van der Waals surface area contributed by atoms with E-state index >= 15 is 0 Å². The zero-order valence-corrected chi connectivity index (χ0v) is 12.3. The molecule has 1 atom stereocenters. The average molecular weight is 374 g/mol. The fourth-order valence-electron chi connectivity index (χ4n) is 1.76. The van der Waals surface area contributed by atoms with Crippen molar-refractivity contribution in [3.63, 3.8) is 0 Å². The molecule has 0 heterocycles. The van der Waals surface area contributed by atoms with E-state index in [0.29, 0.717) is 15.6 Å². The third-order valence-electron chi connectivity index (χ3n) is 2.79. The van der Waals surface area contributed by atoms with Crippen molar-refractivity contribution < 1.29 is 13.5 Å². The number of hydrogen-bond acceptors (Lipinski definition) is 1. The van der Waals surface area contributed by atoms with Gasteiger partial charge in [-0.2, -0.15) is 0 Å². The van der Waals surface area contributed by atoms with Crippen molar-refractivity contribution in [1.82, 2.24) is 0 Å². The fraction of sp³-hybridized carbons (Fsp3) is 0.200. The van der Waals surface area contributed by atoms with Crippen LogP contribution in [0.3, 0.4) is 0 Å². The molecule has 2 rings (SSSR count). The number of benzene rings is 2. The number of hydrogen-bond donors (Lipinski definition) is 0. The Balaban J connectivity index is 2.09. The SMILES string of the molecule is Fc1ccccc1COC(CI)c1ccccc1F. The Kier molecular flexibility index (Phi) is 5.27. The molecule has 4 heteroatoms. The lowest BCUT2D eigenvalue weighted by Gasteiger charge is -2.16. The Bertz CT molecular complexity index is 545. The summed E-state index contributed by atoms with van der Waals surface area (Å²) in [5.41, 5.74) is 0.988. The van der Waals surface area contributed by atoms with Crippen molar-refractivity contribution in [3.05, 3.63) is 71.3 Å². The summed E-state index contributed by atoms with van der Waals surface area (Å²) in [5.74, 6) is -0.596. The molecular formula is C15H13F2IO. The lowest BCUT2D eigenvalue weighted by Crippen LogP contribution is -2.08. The summed E-state index contributed by atoms with van der Waals surface area (Å²) in [7, 11) is 0. The van der Waals surface area contributed by atoms with Gasteiger partial charge in [0.25, 0.3) is 0 Å². The molecule has 0 aromatic heterocycles. The van der Waals surface area contributed by atoms with Gasteiger partial charge in [0.1, 0.15) is 11.6 Å². The second kappa shape index (κ2) is 6.96. The lowest BCUT2D eigenvalue weighted by molar-refractivity contribution is 0.0537. The maximum Gasteiger partial charge on any atom is 0.129 e. The predicted octanol–water partition coefficient (Wildman–Crippen LogP) is 4.66. The van der Waals surface area contributed by atoms with Crippen molar-refractivity contribution in [3.8, 4) is 0 Å². The fourth-order valence-corrected chi connectivity index (χ4v) is 2.49. The summed E-state index contributed by atoms with van der Waals surface area (Å²) >= 11 is 2.14. The minimum Gasteiger partial charge on any atom is -0.368 e. The van der Waals surface area contributed by atoms with Crippen LogP contribution < -0.4 is 0 Å². The second-order valence-corrected chi connectivity index (χ2v) is 4.95. The minimum atomic E-state index is -0.374. The molecule has 1 nitrogen and oxygen atoms in total. The van der Waals surface area contributed by atoms with Gasteiger partial charge in [0.2, 0.25) is 0 Å². The summed E-state index contributed by atoms with van der Waals surface area (Å²) in [6.45, 7) is 0.134. The first-order valence-corrected chi connectivity index (χ1v) is 7.40. The Labute approximate surface area is 124 Å². The van der Waals surface area contributed by atoms with Gasteiger partial charge in [-0.25, -0.2) is 8.78 Å². The highest BCUT2D eigenvalue weighted by molar-refractivity contribution is 14.1. The highest BCUT2D eigenvalue weighted by Gasteiger charge is 2.15. The van der Waals surface area contributed by atoms with Crippen molar-refractivity contribution in [2.24, 2.45) is 0 Å². The zero-order valence-electron chi connectivity index (χ0n) is 10.2. The van der Waals surface area contributed by atoms with Crippen molar-refractivity contribution in [2.75, 3.05) is 4.43 Å². The maximum atomic E-state index is 13.7. The molecule has 0 spiro atoms. The van der Waals surface area contributed by atoms with Gasteiger partial charge >= 0.3 is 0 Å². The number of rotatable bonds is 5. The summed E-state index contributed by atoms with van der Waals surface area (Å²) in [5, 5.41) is 0. The molecule has 0 aliphatic rings. The molecule has 2 aromatic carbocycles.